The van der Waals surface area contributed by atoms with Crippen LogP contribution in [0.5, 0.6) is 0 Å². The first-order valence-electron chi connectivity index (χ1n) is 6.09. The van der Waals surface area contributed by atoms with Gasteiger partial charge in [-0.15, -0.1) is 0 Å². The van der Waals surface area contributed by atoms with Crippen molar-refractivity contribution in [3.05, 3.63) is 0 Å². The van der Waals surface area contributed by atoms with E-state index >= 15 is 0 Å². The van der Waals surface area contributed by atoms with Gasteiger partial charge in [-0.1, -0.05) is 27.2 Å². The van der Waals surface area contributed by atoms with Gasteiger partial charge >= 0.3 is 0 Å². The van der Waals surface area contributed by atoms with Crippen molar-refractivity contribution in [3.8, 4) is 0 Å². The smallest absolute Gasteiger partial charge is 0.0215 e. The van der Waals surface area contributed by atoms with Gasteiger partial charge in [0.25, 0.3) is 0 Å². The summed E-state index contributed by atoms with van der Waals surface area (Å²) in [6.07, 6.45) is 5.21. The van der Waals surface area contributed by atoms with Crippen molar-refractivity contribution < 1.29 is 0 Å². The van der Waals surface area contributed by atoms with E-state index in [4.69, 9.17) is 5.73 Å². The second-order valence-electron chi connectivity index (χ2n) is 5.00. The van der Waals surface area contributed by atoms with Crippen LogP contribution in [0.3, 0.4) is 0 Å². The Bertz CT molecular complexity index is 156. The fraction of sp³-hybridized carbons (Fsp3) is 1.00. The first-order valence-corrected chi connectivity index (χ1v) is 6.09. The molecule has 1 unspecified atom stereocenters. The topological polar surface area (TPSA) is 29.3 Å². The highest BCUT2D eigenvalue weighted by Crippen LogP contribution is 2.34. The Balaban J connectivity index is 2.42. The molecule has 0 aromatic carbocycles. The molecule has 1 heterocycles. The van der Waals surface area contributed by atoms with E-state index in [0.29, 0.717) is 11.5 Å². The fourth-order valence-corrected chi connectivity index (χ4v) is 2.36. The third-order valence-corrected chi connectivity index (χ3v) is 4.12. The van der Waals surface area contributed by atoms with E-state index in [9.17, 15) is 0 Å². The first kappa shape index (κ1) is 12.0. The molecule has 0 aromatic heterocycles. The Morgan fingerprint density at radius 1 is 1.29 bits per heavy atom. The number of hydrogen-bond acceptors (Lipinski definition) is 2. The van der Waals surface area contributed by atoms with Gasteiger partial charge in [-0.25, -0.2) is 0 Å². The van der Waals surface area contributed by atoms with E-state index in [1.54, 1.807) is 0 Å². The molecule has 1 saturated heterocycles. The molecule has 0 saturated carbocycles. The third-order valence-electron chi connectivity index (χ3n) is 4.12. The molecule has 1 fully saturated rings. The minimum Gasteiger partial charge on any atom is -0.329 e. The van der Waals surface area contributed by atoms with Crippen molar-refractivity contribution in [3.63, 3.8) is 0 Å². The zero-order valence-corrected chi connectivity index (χ0v) is 10.1. The Morgan fingerprint density at radius 2 is 1.86 bits per heavy atom. The number of nitrogens with zero attached hydrogens (tertiary/aromatic N) is 1. The summed E-state index contributed by atoms with van der Waals surface area (Å²) in [6.45, 7) is 10.3. The predicted molar refractivity (Wildman–Crippen MR) is 62.3 cm³/mol. The highest BCUT2D eigenvalue weighted by molar-refractivity contribution is 4.84. The molecule has 2 N–H and O–H groups in total. The summed E-state index contributed by atoms with van der Waals surface area (Å²) < 4.78 is 0. The molecule has 1 rings (SSSR count). The Morgan fingerprint density at radius 3 is 2.21 bits per heavy atom. The molecule has 0 spiro atoms. The van der Waals surface area contributed by atoms with E-state index in [2.05, 4.69) is 25.7 Å². The normalized spacial score (nSPS) is 24.9. The molecule has 84 valence electrons. The van der Waals surface area contributed by atoms with Crippen molar-refractivity contribution in [1.82, 2.24) is 4.90 Å². The highest BCUT2D eigenvalue weighted by atomic mass is 15.2. The standard InChI is InChI=1S/C12H26N2/c1-4-11(10-13)14-8-6-12(3,5-2)7-9-14/h11H,4-10,13H2,1-3H3. The average molecular weight is 198 g/mol. The van der Waals surface area contributed by atoms with E-state index in [0.717, 1.165) is 6.54 Å². The number of likely N-dealkylation sites (tertiary alicyclic amines) is 1. The van der Waals surface area contributed by atoms with Crippen molar-refractivity contribution in [1.29, 1.82) is 0 Å². The van der Waals surface area contributed by atoms with Crippen LogP contribution in [0.4, 0.5) is 0 Å². The molecule has 1 aliphatic heterocycles. The Labute approximate surface area is 88.8 Å². The number of rotatable bonds is 4. The molecule has 2 nitrogen and oxygen atoms in total. The van der Waals surface area contributed by atoms with Crippen LogP contribution >= 0.6 is 0 Å². The maximum Gasteiger partial charge on any atom is 0.0215 e. The lowest BCUT2D eigenvalue weighted by Crippen LogP contribution is -2.47. The third kappa shape index (κ3) is 2.71. The lowest BCUT2D eigenvalue weighted by Gasteiger charge is -2.42. The van der Waals surface area contributed by atoms with Gasteiger partial charge in [0.15, 0.2) is 0 Å². The summed E-state index contributed by atoms with van der Waals surface area (Å²) in [5, 5.41) is 0. The van der Waals surface area contributed by atoms with E-state index in [1.807, 2.05) is 0 Å². The monoisotopic (exact) mass is 198 g/mol. The first-order chi connectivity index (χ1) is 6.65. The van der Waals surface area contributed by atoms with Gasteiger partial charge in [0, 0.05) is 12.6 Å². The summed E-state index contributed by atoms with van der Waals surface area (Å²) in [5.74, 6) is 0. The van der Waals surface area contributed by atoms with Gasteiger partial charge in [0.1, 0.15) is 0 Å². The zero-order chi connectivity index (χ0) is 10.6. The highest BCUT2D eigenvalue weighted by Gasteiger charge is 2.30. The molecule has 0 aromatic rings. The molecule has 2 heteroatoms. The van der Waals surface area contributed by atoms with Crippen molar-refractivity contribution in [2.24, 2.45) is 11.1 Å². The van der Waals surface area contributed by atoms with Crippen LogP contribution in [0.2, 0.25) is 0 Å². The summed E-state index contributed by atoms with van der Waals surface area (Å²) in [6, 6.07) is 0.622. The van der Waals surface area contributed by atoms with Gasteiger partial charge < -0.3 is 5.73 Å². The van der Waals surface area contributed by atoms with Crippen LogP contribution in [0.1, 0.15) is 46.5 Å². The largest absolute Gasteiger partial charge is 0.329 e. The van der Waals surface area contributed by atoms with Gasteiger partial charge in [-0.2, -0.15) is 0 Å². The molecule has 14 heavy (non-hydrogen) atoms. The van der Waals surface area contributed by atoms with Gasteiger partial charge in [0.2, 0.25) is 0 Å². The Hall–Kier alpha value is -0.0800. The van der Waals surface area contributed by atoms with Gasteiger partial charge in [-0.05, 0) is 37.8 Å². The molecule has 0 aliphatic carbocycles. The maximum atomic E-state index is 5.77. The quantitative estimate of drug-likeness (QED) is 0.750. The SMILES string of the molecule is CCC(CN)N1CCC(C)(CC)CC1. The molecular formula is C12H26N2. The molecule has 1 atom stereocenters. The van der Waals surface area contributed by atoms with Gasteiger partial charge in [0.05, 0.1) is 0 Å². The number of nitrogens with two attached hydrogens (primary N) is 1. The maximum absolute atomic E-state index is 5.77. The second-order valence-corrected chi connectivity index (χ2v) is 5.00. The predicted octanol–water partition coefficient (Wildman–Crippen LogP) is 2.24. The van der Waals surface area contributed by atoms with Crippen LogP contribution in [0.15, 0.2) is 0 Å². The van der Waals surface area contributed by atoms with Crippen molar-refractivity contribution in [2.75, 3.05) is 19.6 Å². The molecule has 0 amide bonds. The number of piperidine rings is 1. The summed E-state index contributed by atoms with van der Waals surface area (Å²) in [7, 11) is 0. The summed E-state index contributed by atoms with van der Waals surface area (Å²) in [4.78, 5) is 2.58. The van der Waals surface area contributed by atoms with E-state index < -0.39 is 0 Å². The molecular weight excluding hydrogens is 172 g/mol. The lowest BCUT2D eigenvalue weighted by molar-refractivity contribution is 0.0816. The fourth-order valence-electron chi connectivity index (χ4n) is 2.36. The van der Waals surface area contributed by atoms with E-state index in [1.165, 1.54) is 38.8 Å². The van der Waals surface area contributed by atoms with Crippen LogP contribution in [-0.2, 0) is 0 Å². The minimum atomic E-state index is 0.601. The van der Waals surface area contributed by atoms with Crippen LogP contribution in [-0.4, -0.2) is 30.6 Å². The van der Waals surface area contributed by atoms with Crippen LogP contribution in [0, 0.1) is 5.41 Å². The minimum absolute atomic E-state index is 0.601. The van der Waals surface area contributed by atoms with Crippen molar-refractivity contribution in [2.45, 2.75) is 52.5 Å². The number of hydrogen-bond donors (Lipinski definition) is 1. The molecule has 0 radical (unpaired) electrons. The van der Waals surface area contributed by atoms with Crippen LogP contribution in [0.25, 0.3) is 0 Å². The average Bonchev–Trinajstić information content (AvgIpc) is 2.23. The lowest BCUT2D eigenvalue weighted by atomic mass is 9.78. The zero-order valence-electron chi connectivity index (χ0n) is 10.1. The summed E-state index contributed by atoms with van der Waals surface area (Å²) >= 11 is 0. The summed E-state index contributed by atoms with van der Waals surface area (Å²) in [5.41, 5.74) is 6.37. The molecule has 0 bridgehead atoms. The van der Waals surface area contributed by atoms with Crippen molar-refractivity contribution >= 4 is 0 Å². The Kier molecular flexibility index (Phi) is 4.39. The van der Waals surface area contributed by atoms with Crippen LogP contribution < -0.4 is 5.73 Å². The molecule has 1 aliphatic rings. The second kappa shape index (κ2) is 5.13. The van der Waals surface area contributed by atoms with E-state index in [-0.39, 0.29) is 0 Å². The van der Waals surface area contributed by atoms with Gasteiger partial charge in [-0.3, -0.25) is 4.90 Å².